The van der Waals surface area contributed by atoms with Gasteiger partial charge in [0, 0.05) is 24.0 Å². The van der Waals surface area contributed by atoms with E-state index in [-0.39, 0.29) is 34.7 Å². The Balaban J connectivity index is 1.86. The number of aliphatic hydroxyl groups excluding tert-OH is 2. The van der Waals surface area contributed by atoms with Crippen LogP contribution in [0.4, 0.5) is 10.2 Å². The predicted molar refractivity (Wildman–Crippen MR) is 114 cm³/mol. The molecule has 10 heteroatoms. The van der Waals surface area contributed by atoms with Crippen molar-refractivity contribution in [2.45, 2.75) is 32.4 Å². The number of rotatable bonds is 9. The van der Waals surface area contributed by atoms with E-state index in [0.29, 0.717) is 6.42 Å². The van der Waals surface area contributed by atoms with Crippen LogP contribution in [0.2, 0.25) is 0 Å². The highest BCUT2D eigenvalue weighted by Crippen LogP contribution is 2.34. The molecule has 1 unspecified atom stereocenters. The number of aliphatic hydroxyl groups is 2. The van der Waals surface area contributed by atoms with Gasteiger partial charge in [-0.25, -0.2) is 9.37 Å². The zero-order chi connectivity index (χ0) is 23.3. The topological polar surface area (TPSA) is 130 Å². The van der Waals surface area contributed by atoms with Gasteiger partial charge in [-0.15, -0.1) is 0 Å². The van der Waals surface area contributed by atoms with Crippen LogP contribution in [-0.4, -0.2) is 42.4 Å². The van der Waals surface area contributed by atoms with Crippen molar-refractivity contribution in [1.29, 1.82) is 0 Å². The molecule has 1 amide bonds. The number of benzene rings is 1. The molecule has 3 aromatic rings. The lowest BCUT2D eigenvalue weighted by Crippen LogP contribution is -2.27. The maximum absolute atomic E-state index is 14.7. The molecule has 0 fully saturated rings. The van der Waals surface area contributed by atoms with Gasteiger partial charge in [0.05, 0.1) is 19.0 Å². The number of halogens is 1. The van der Waals surface area contributed by atoms with E-state index >= 15 is 0 Å². The molecule has 0 aliphatic rings. The summed E-state index contributed by atoms with van der Waals surface area (Å²) in [6.45, 7) is 3.23. The average Bonchev–Trinajstić information content (AvgIpc) is 3.13. The number of anilines is 1. The van der Waals surface area contributed by atoms with Crippen molar-refractivity contribution >= 4 is 11.7 Å². The van der Waals surface area contributed by atoms with Crippen molar-refractivity contribution in [2.75, 3.05) is 11.9 Å². The van der Waals surface area contributed by atoms with Crippen LogP contribution in [0.15, 0.2) is 49.1 Å². The molecule has 0 bridgehead atoms. The Morgan fingerprint density at radius 2 is 2.09 bits per heavy atom. The molecule has 0 radical (unpaired) electrons. The molecule has 3 rings (SSSR count). The molecule has 0 saturated carbocycles. The molecule has 0 spiro atoms. The summed E-state index contributed by atoms with van der Waals surface area (Å²) < 4.78 is 21.6. The van der Waals surface area contributed by atoms with E-state index in [1.807, 2.05) is 13.8 Å². The third-order valence-electron chi connectivity index (χ3n) is 4.70. The minimum atomic E-state index is -1.39. The summed E-state index contributed by atoms with van der Waals surface area (Å²) in [5.41, 5.74) is -0.116. The highest BCUT2D eigenvalue weighted by atomic mass is 19.1. The molecule has 1 aromatic carbocycles. The van der Waals surface area contributed by atoms with E-state index in [1.165, 1.54) is 53.6 Å². The summed E-state index contributed by atoms with van der Waals surface area (Å²) >= 11 is 0. The number of amides is 1. The number of nitrogens with one attached hydrogen (secondary N) is 1. The molecule has 4 N–H and O–H groups in total. The average molecular weight is 444 g/mol. The minimum absolute atomic E-state index is 0.0955. The first-order chi connectivity index (χ1) is 15.3. The smallest absolute Gasteiger partial charge is 0.248 e. The number of ether oxygens (including phenoxy) is 1. The third kappa shape index (κ3) is 5.40. The second kappa shape index (κ2) is 10.2. The number of hydrogen-bond donors (Lipinski definition) is 4. The zero-order valence-electron chi connectivity index (χ0n) is 17.6. The summed E-state index contributed by atoms with van der Waals surface area (Å²) in [6.07, 6.45) is 4.74. The van der Waals surface area contributed by atoms with Gasteiger partial charge in [-0.2, -0.15) is 0 Å². The molecule has 0 saturated heterocycles. The number of aromatic nitrogens is 3. The Morgan fingerprint density at radius 3 is 2.75 bits per heavy atom. The van der Waals surface area contributed by atoms with Gasteiger partial charge in [0.1, 0.15) is 17.9 Å². The quantitative estimate of drug-likeness (QED) is 0.399. The Bertz CT molecular complexity index is 1060. The first-order valence-corrected chi connectivity index (χ1v) is 10.0. The van der Waals surface area contributed by atoms with Crippen LogP contribution in [0.1, 0.15) is 38.0 Å². The number of carbonyl (C=O) groups excluding carboxylic acids is 1. The van der Waals surface area contributed by atoms with Crippen molar-refractivity contribution in [3.05, 3.63) is 60.4 Å². The fraction of sp³-hybridized carbons (Fsp3) is 0.318. The van der Waals surface area contributed by atoms with Crippen molar-refractivity contribution in [3.63, 3.8) is 0 Å². The number of hydrogen-bond acceptors (Lipinski definition) is 7. The Hall–Kier alpha value is -3.50. The van der Waals surface area contributed by atoms with Crippen LogP contribution in [0.25, 0.3) is 0 Å². The van der Waals surface area contributed by atoms with E-state index in [2.05, 4.69) is 15.3 Å². The van der Waals surface area contributed by atoms with Gasteiger partial charge >= 0.3 is 0 Å². The second-order valence-corrected chi connectivity index (χ2v) is 7.63. The maximum Gasteiger partial charge on any atom is 0.248 e. The highest BCUT2D eigenvalue weighted by molar-refractivity contribution is 5.93. The highest BCUT2D eigenvalue weighted by Gasteiger charge is 2.26. The number of nitrogens with zero attached hydrogens (tertiary/aromatic N) is 3. The SMILES string of the molecule is CC(C)C[C@@H](C(=O)Nc1cnccn1)n1cc(Oc2cccc(C(O)CO)c2F)cc1O. The van der Waals surface area contributed by atoms with Gasteiger partial charge in [-0.05, 0) is 18.4 Å². The lowest BCUT2D eigenvalue weighted by molar-refractivity contribution is -0.119. The molecule has 2 aromatic heterocycles. The molecule has 2 heterocycles. The van der Waals surface area contributed by atoms with Crippen LogP contribution in [0, 0.1) is 11.7 Å². The summed E-state index contributed by atoms with van der Waals surface area (Å²) in [7, 11) is 0. The molecule has 170 valence electrons. The first kappa shape index (κ1) is 23.2. The van der Waals surface area contributed by atoms with E-state index in [0.717, 1.165) is 0 Å². The molecule has 9 nitrogen and oxygen atoms in total. The van der Waals surface area contributed by atoms with Crippen molar-refractivity contribution in [3.8, 4) is 17.4 Å². The van der Waals surface area contributed by atoms with Crippen LogP contribution in [0.5, 0.6) is 17.4 Å². The van der Waals surface area contributed by atoms with Crippen LogP contribution < -0.4 is 10.1 Å². The van der Waals surface area contributed by atoms with Crippen molar-refractivity contribution in [2.24, 2.45) is 5.92 Å². The largest absolute Gasteiger partial charge is 0.494 e. The van der Waals surface area contributed by atoms with Crippen LogP contribution in [-0.2, 0) is 4.79 Å². The number of carbonyl (C=O) groups is 1. The van der Waals surface area contributed by atoms with E-state index in [1.54, 1.807) is 0 Å². The third-order valence-corrected chi connectivity index (χ3v) is 4.70. The van der Waals surface area contributed by atoms with E-state index < -0.39 is 30.5 Å². The first-order valence-electron chi connectivity index (χ1n) is 10.0. The van der Waals surface area contributed by atoms with E-state index in [4.69, 9.17) is 9.84 Å². The lowest BCUT2D eigenvalue weighted by atomic mass is 10.0. The summed E-state index contributed by atoms with van der Waals surface area (Å²) in [5, 5.41) is 32.0. The van der Waals surface area contributed by atoms with Gasteiger partial charge in [0.25, 0.3) is 0 Å². The normalized spacial score (nSPS) is 13.1. The Morgan fingerprint density at radius 1 is 1.31 bits per heavy atom. The second-order valence-electron chi connectivity index (χ2n) is 7.63. The zero-order valence-corrected chi connectivity index (χ0v) is 17.6. The Kier molecular flexibility index (Phi) is 7.39. The molecule has 2 atom stereocenters. The monoisotopic (exact) mass is 444 g/mol. The predicted octanol–water partition coefficient (Wildman–Crippen LogP) is 3.17. The summed E-state index contributed by atoms with van der Waals surface area (Å²) in [6, 6.07) is 4.63. The van der Waals surface area contributed by atoms with Crippen molar-refractivity contribution < 1.29 is 29.2 Å². The van der Waals surface area contributed by atoms with Gasteiger partial charge in [0.15, 0.2) is 23.3 Å². The standard InChI is InChI=1S/C22H25FN4O5/c1-13(2)8-16(22(31)26-19-10-24-6-7-25-19)27-11-14(9-20(27)30)32-18-5-3-4-15(21(18)23)17(29)12-28/h3-7,9-11,13,16-17,28-30H,8,12H2,1-2H3,(H,25,26,31)/t16-,17?/m0/s1. The van der Waals surface area contributed by atoms with Gasteiger partial charge < -0.3 is 29.9 Å². The van der Waals surface area contributed by atoms with Crippen molar-refractivity contribution in [1.82, 2.24) is 14.5 Å². The molecule has 0 aliphatic heterocycles. The van der Waals surface area contributed by atoms with E-state index in [9.17, 15) is 19.4 Å². The Labute approximate surface area is 184 Å². The summed E-state index contributed by atoms with van der Waals surface area (Å²) in [4.78, 5) is 20.8. The number of aromatic hydroxyl groups is 1. The minimum Gasteiger partial charge on any atom is -0.494 e. The summed E-state index contributed by atoms with van der Waals surface area (Å²) in [5.74, 6) is -1.19. The fourth-order valence-corrected chi connectivity index (χ4v) is 3.20. The fourth-order valence-electron chi connectivity index (χ4n) is 3.20. The molecule has 0 aliphatic carbocycles. The van der Waals surface area contributed by atoms with Crippen LogP contribution >= 0.6 is 0 Å². The van der Waals surface area contributed by atoms with Gasteiger partial charge in [0.2, 0.25) is 5.91 Å². The molecular weight excluding hydrogens is 419 g/mol. The molecule has 32 heavy (non-hydrogen) atoms. The molecular formula is C22H25FN4O5. The van der Waals surface area contributed by atoms with Gasteiger partial charge in [-0.1, -0.05) is 26.0 Å². The van der Waals surface area contributed by atoms with Gasteiger partial charge in [-0.3, -0.25) is 9.78 Å². The maximum atomic E-state index is 14.7. The van der Waals surface area contributed by atoms with Crippen LogP contribution in [0.3, 0.4) is 0 Å². The lowest BCUT2D eigenvalue weighted by Gasteiger charge is -2.20.